The number of hydrogen-bond donors (Lipinski definition) is 1. The van der Waals surface area contributed by atoms with Crippen molar-refractivity contribution in [1.29, 1.82) is 0 Å². The van der Waals surface area contributed by atoms with Gasteiger partial charge in [0.2, 0.25) is 0 Å². The van der Waals surface area contributed by atoms with Gasteiger partial charge in [0.05, 0.1) is 23.7 Å². The molecule has 0 saturated carbocycles. The summed E-state index contributed by atoms with van der Waals surface area (Å²) in [5, 5.41) is 9.52. The molecule has 0 fully saturated rings. The molecule has 14 heavy (non-hydrogen) atoms. The molecule has 0 radical (unpaired) electrons. The van der Waals surface area contributed by atoms with E-state index in [2.05, 4.69) is 30.7 Å². The van der Waals surface area contributed by atoms with Crippen LogP contribution in [0.5, 0.6) is 0 Å². The monoisotopic (exact) mass is 194 g/mol. The number of rotatable bonds is 2. The van der Waals surface area contributed by atoms with E-state index in [1.807, 2.05) is 6.92 Å². The van der Waals surface area contributed by atoms with E-state index < -0.39 is 6.10 Å². The molecule has 78 valence electrons. The topological polar surface area (TPSA) is 46.0 Å². The quantitative estimate of drug-likeness (QED) is 0.785. The summed E-state index contributed by atoms with van der Waals surface area (Å²) < 4.78 is 0. The van der Waals surface area contributed by atoms with Crippen molar-refractivity contribution >= 4 is 0 Å². The Balaban J connectivity index is 2.89. The van der Waals surface area contributed by atoms with E-state index in [0.717, 1.165) is 5.69 Å². The first-order valence-corrected chi connectivity index (χ1v) is 4.95. The number of aliphatic hydroxyl groups is 1. The van der Waals surface area contributed by atoms with Crippen molar-refractivity contribution in [3.63, 3.8) is 0 Å². The van der Waals surface area contributed by atoms with Crippen LogP contribution in [-0.2, 0) is 5.41 Å². The van der Waals surface area contributed by atoms with Crippen LogP contribution >= 0.6 is 0 Å². The smallest absolute Gasteiger partial charge is 0.0972 e. The van der Waals surface area contributed by atoms with Crippen molar-refractivity contribution in [3.05, 3.63) is 23.8 Å². The van der Waals surface area contributed by atoms with E-state index in [1.165, 1.54) is 0 Å². The Labute approximate surface area is 85.2 Å². The maximum Gasteiger partial charge on any atom is 0.0972 e. The van der Waals surface area contributed by atoms with Gasteiger partial charge in [-0.05, 0) is 6.42 Å². The molecule has 0 aliphatic carbocycles. The largest absolute Gasteiger partial charge is 0.387 e. The van der Waals surface area contributed by atoms with Crippen LogP contribution < -0.4 is 0 Å². The van der Waals surface area contributed by atoms with E-state index in [9.17, 15) is 5.11 Å². The summed E-state index contributed by atoms with van der Waals surface area (Å²) >= 11 is 0. The lowest BCUT2D eigenvalue weighted by Gasteiger charge is -2.17. The molecule has 3 nitrogen and oxygen atoms in total. The van der Waals surface area contributed by atoms with Crippen LogP contribution in [0.25, 0.3) is 0 Å². The molecule has 0 aromatic carbocycles. The summed E-state index contributed by atoms with van der Waals surface area (Å²) in [6.45, 7) is 8.19. The summed E-state index contributed by atoms with van der Waals surface area (Å²) in [7, 11) is 0. The number of aliphatic hydroxyl groups excluding tert-OH is 1. The highest BCUT2D eigenvalue weighted by Crippen LogP contribution is 2.20. The maximum absolute atomic E-state index is 9.52. The zero-order chi connectivity index (χ0) is 10.8. The van der Waals surface area contributed by atoms with Gasteiger partial charge in [0.25, 0.3) is 0 Å². The Kier molecular flexibility index (Phi) is 3.21. The van der Waals surface area contributed by atoms with Gasteiger partial charge < -0.3 is 5.11 Å². The maximum atomic E-state index is 9.52. The standard InChI is InChI=1S/C11H18N2O/c1-5-9(14)8-6-13-10(7-12-8)11(2,3)4/h6-7,9,14H,5H2,1-4H3/t9-/m1/s1. The molecule has 1 aromatic rings. The van der Waals surface area contributed by atoms with Crippen LogP contribution in [0.1, 0.15) is 51.6 Å². The second-order valence-corrected chi connectivity index (χ2v) is 4.50. The fourth-order valence-electron chi connectivity index (χ4n) is 1.11. The molecule has 1 N–H and O–H groups in total. The van der Waals surface area contributed by atoms with E-state index in [4.69, 9.17) is 0 Å². The highest BCUT2D eigenvalue weighted by molar-refractivity contribution is 5.11. The highest BCUT2D eigenvalue weighted by atomic mass is 16.3. The lowest BCUT2D eigenvalue weighted by atomic mass is 9.93. The molecular formula is C11H18N2O. The molecule has 0 amide bonds. The minimum Gasteiger partial charge on any atom is -0.387 e. The molecule has 1 heterocycles. The number of hydrogen-bond acceptors (Lipinski definition) is 3. The zero-order valence-corrected chi connectivity index (χ0v) is 9.28. The first-order valence-electron chi connectivity index (χ1n) is 4.95. The number of aromatic nitrogens is 2. The molecule has 0 spiro atoms. The minimum atomic E-state index is -0.489. The molecule has 1 atom stereocenters. The Morgan fingerprint density at radius 2 is 1.93 bits per heavy atom. The van der Waals surface area contributed by atoms with Crippen LogP contribution in [0.4, 0.5) is 0 Å². The van der Waals surface area contributed by atoms with E-state index in [1.54, 1.807) is 12.4 Å². The summed E-state index contributed by atoms with van der Waals surface area (Å²) in [5.74, 6) is 0. The summed E-state index contributed by atoms with van der Waals surface area (Å²) in [6.07, 6.45) is 3.59. The third kappa shape index (κ3) is 2.51. The zero-order valence-electron chi connectivity index (χ0n) is 9.28. The molecule has 1 rings (SSSR count). The fourth-order valence-corrected chi connectivity index (χ4v) is 1.11. The van der Waals surface area contributed by atoms with Crippen molar-refractivity contribution in [3.8, 4) is 0 Å². The van der Waals surface area contributed by atoms with Crippen molar-refractivity contribution < 1.29 is 5.11 Å². The molecule has 1 aromatic heterocycles. The Bertz CT molecular complexity index is 287. The van der Waals surface area contributed by atoms with Crippen molar-refractivity contribution in [2.75, 3.05) is 0 Å². The van der Waals surface area contributed by atoms with Crippen molar-refractivity contribution in [2.24, 2.45) is 0 Å². The molecule has 0 saturated heterocycles. The molecule has 3 heteroatoms. The molecule has 0 bridgehead atoms. The lowest BCUT2D eigenvalue weighted by molar-refractivity contribution is 0.168. The first kappa shape index (κ1) is 11.1. The molecule has 0 aliphatic heterocycles. The first-order chi connectivity index (χ1) is 6.45. The highest BCUT2D eigenvalue weighted by Gasteiger charge is 2.16. The van der Waals surface area contributed by atoms with Crippen molar-refractivity contribution in [1.82, 2.24) is 9.97 Å². The predicted octanol–water partition coefficient (Wildman–Crippen LogP) is 2.22. The Morgan fingerprint density at radius 1 is 1.29 bits per heavy atom. The van der Waals surface area contributed by atoms with Gasteiger partial charge in [0, 0.05) is 11.6 Å². The summed E-state index contributed by atoms with van der Waals surface area (Å²) in [4.78, 5) is 8.50. The van der Waals surface area contributed by atoms with Crippen LogP contribution in [0, 0.1) is 0 Å². The molecule has 0 aliphatic rings. The molecular weight excluding hydrogens is 176 g/mol. The van der Waals surface area contributed by atoms with E-state index >= 15 is 0 Å². The summed E-state index contributed by atoms with van der Waals surface area (Å²) in [5.41, 5.74) is 1.62. The second-order valence-electron chi connectivity index (χ2n) is 4.50. The van der Waals surface area contributed by atoms with E-state index in [0.29, 0.717) is 12.1 Å². The average Bonchev–Trinajstić information content (AvgIpc) is 2.15. The van der Waals surface area contributed by atoms with Gasteiger partial charge in [-0.15, -0.1) is 0 Å². The van der Waals surface area contributed by atoms with Crippen LogP contribution in [0.3, 0.4) is 0 Å². The third-order valence-electron chi connectivity index (χ3n) is 2.17. The Hall–Kier alpha value is -0.960. The lowest BCUT2D eigenvalue weighted by Crippen LogP contribution is -2.14. The average molecular weight is 194 g/mol. The van der Waals surface area contributed by atoms with Gasteiger partial charge >= 0.3 is 0 Å². The SMILES string of the molecule is CC[C@@H](O)c1cnc(C(C)(C)C)cn1. The Morgan fingerprint density at radius 3 is 2.29 bits per heavy atom. The van der Waals surface area contributed by atoms with Gasteiger partial charge in [0.15, 0.2) is 0 Å². The van der Waals surface area contributed by atoms with Gasteiger partial charge in [-0.25, -0.2) is 0 Å². The fraction of sp³-hybridized carbons (Fsp3) is 0.636. The minimum absolute atomic E-state index is 0.0166. The van der Waals surface area contributed by atoms with Gasteiger partial charge in [0.1, 0.15) is 0 Å². The van der Waals surface area contributed by atoms with Crippen molar-refractivity contribution in [2.45, 2.75) is 45.6 Å². The normalized spacial score (nSPS) is 14.1. The number of nitrogens with zero attached hydrogens (tertiary/aromatic N) is 2. The third-order valence-corrected chi connectivity index (χ3v) is 2.17. The van der Waals surface area contributed by atoms with Gasteiger partial charge in [-0.1, -0.05) is 27.7 Å². The summed E-state index contributed by atoms with van der Waals surface area (Å²) in [6, 6.07) is 0. The molecule has 0 unspecified atom stereocenters. The van der Waals surface area contributed by atoms with Gasteiger partial charge in [-0.3, -0.25) is 9.97 Å². The van der Waals surface area contributed by atoms with Gasteiger partial charge in [-0.2, -0.15) is 0 Å². The van der Waals surface area contributed by atoms with Crippen LogP contribution in [-0.4, -0.2) is 15.1 Å². The van der Waals surface area contributed by atoms with E-state index in [-0.39, 0.29) is 5.41 Å². The second kappa shape index (κ2) is 4.05. The predicted molar refractivity (Wildman–Crippen MR) is 56.0 cm³/mol. The van der Waals surface area contributed by atoms with Crippen LogP contribution in [0.2, 0.25) is 0 Å². The van der Waals surface area contributed by atoms with Crippen LogP contribution in [0.15, 0.2) is 12.4 Å².